The van der Waals surface area contributed by atoms with Crippen molar-refractivity contribution < 1.29 is 14.2 Å². The lowest BCUT2D eigenvalue weighted by Crippen LogP contribution is -2.33. The predicted octanol–water partition coefficient (Wildman–Crippen LogP) is 2.53. The number of piperidine rings is 1. The Bertz CT molecular complexity index is 402. The molecule has 106 valence electrons. The fraction of sp³-hybridized carbons (Fsp3) is 0.600. The first-order chi connectivity index (χ1) is 9.24. The van der Waals surface area contributed by atoms with Crippen LogP contribution in [0.25, 0.3) is 0 Å². The lowest BCUT2D eigenvalue weighted by Gasteiger charge is -2.27. The van der Waals surface area contributed by atoms with Gasteiger partial charge in [-0.25, -0.2) is 0 Å². The molecule has 1 aliphatic rings. The van der Waals surface area contributed by atoms with E-state index in [1.54, 1.807) is 14.2 Å². The average Bonchev–Trinajstić information content (AvgIpc) is 2.47. The number of methoxy groups -OCH3 is 2. The molecule has 0 amide bonds. The number of ether oxygens (including phenoxy) is 3. The van der Waals surface area contributed by atoms with Gasteiger partial charge in [-0.1, -0.05) is 0 Å². The molecule has 0 radical (unpaired) electrons. The van der Waals surface area contributed by atoms with Gasteiger partial charge in [-0.2, -0.15) is 0 Å². The van der Waals surface area contributed by atoms with E-state index in [1.165, 1.54) is 0 Å². The van der Waals surface area contributed by atoms with Crippen LogP contribution in [0.1, 0.15) is 31.4 Å². The lowest BCUT2D eigenvalue weighted by molar-refractivity contribution is -0.0195. The molecule has 1 aromatic rings. The molecule has 1 saturated heterocycles. The SMILES string of the molecule is COc1ccc(C(C)OC2CCNCC2)c(OC)c1. The largest absolute Gasteiger partial charge is 0.497 e. The van der Waals surface area contributed by atoms with Gasteiger partial charge in [0.25, 0.3) is 0 Å². The van der Waals surface area contributed by atoms with Gasteiger partial charge >= 0.3 is 0 Å². The van der Waals surface area contributed by atoms with E-state index in [0.29, 0.717) is 6.10 Å². The van der Waals surface area contributed by atoms with Crippen LogP contribution in [0.3, 0.4) is 0 Å². The molecule has 1 N–H and O–H groups in total. The molecule has 1 aliphatic heterocycles. The Morgan fingerprint density at radius 3 is 2.53 bits per heavy atom. The van der Waals surface area contributed by atoms with Crippen molar-refractivity contribution in [1.82, 2.24) is 5.32 Å². The first-order valence-corrected chi connectivity index (χ1v) is 6.82. The van der Waals surface area contributed by atoms with Crippen LogP contribution < -0.4 is 14.8 Å². The van der Waals surface area contributed by atoms with E-state index < -0.39 is 0 Å². The van der Waals surface area contributed by atoms with Gasteiger partial charge in [-0.05, 0) is 45.0 Å². The van der Waals surface area contributed by atoms with Crippen molar-refractivity contribution in [3.63, 3.8) is 0 Å². The molecule has 0 spiro atoms. The molecule has 19 heavy (non-hydrogen) atoms. The zero-order valence-corrected chi connectivity index (χ0v) is 11.9. The van der Waals surface area contributed by atoms with Gasteiger partial charge in [0.2, 0.25) is 0 Å². The minimum atomic E-state index is 0.0314. The van der Waals surface area contributed by atoms with Crippen molar-refractivity contribution in [2.75, 3.05) is 27.3 Å². The fourth-order valence-electron chi connectivity index (χ4n) is 2.45. The fourth-order valence-corrected chi connectivity index (χ4v) is 2.45. The predicted molar refractivity (Wildman–Crippen MR) is 74.9 cm³/mol. The highest BCUT2D eigenvalue weighted by Crippen LogP contribution is 2.32. The molecule has 0 aromatic heterocycles. The van der Waals surface area contributed by atoms with Crippen molar-refractivity contribution in [3.8, 4) is 11.5 Å². The lowest BCUT2D eigenvalue weighted by atomic mass is 10.1. The van der Waals surface area contributed by atoms with E-state index in [1.807, 2.05) is 18.2 Å². The standard InChI is InChI=1S/C15H23NO3/c1-11(19-12-6-8-16-9-7-12)14-5-4-13(17-2)10-15(14)18-3/h4-5,10-12,16H,6-9H2,1-3H3. The zero-order chi connectivity index (χ0) is 13.7. The van der Waals surface area contributed by atoms with Gasteiger partial charge in [0.15, 0.2) is 0 Å². The Morgan fingerprint density at radius 1 is 1.16 bits per heavy atom. The van der Waals surface area contributed by atoms with Crippen molar-refractivity contribution in [2.45, 2.75) is 32.0 Å². The molecule has 0 aliphatic carbocycles. The highest BCUT2D eigenvalue weighted by Gasteiger charge is 2.19. The first-order valence-electron chi connectivity index (χ1n) is 6.82. The molecule has 4 nitrogen and oxygen atoms in total. The van der Waals surface area contributed by atoms with Crippen molar-refractivity contribution >= 4 is 0 Å². The van der Waals surface area contributed by atoms with Gasteiger partial charge in [0, 0.05) is 11.6 Å². The van der Waals surface area contributed by atoms with Gasteiger partial charge in [-0.3, -0.25) is 0 Å². The monoisotopic (exact) mass is 265 g/mol. The van der Waals surface area contributed by atoms with Gasteiger partial charge in [-0.15, -0.1) is 0 Å². The molecular formula is C15H23NO3. The van der Waals surface area contributed by atoms with Crippen LogP contribution in [0, 0.1) is 0 Å². The van der Waals surface area contributed by atoms with Crippen LogP contribution in [0.5, 0.6) is 11.5 Å². The second-order valence-electron chi connectivity index (χ2n) is 4.84. The third-order valence-corrected chi connectivity index (χ3v) is 3.56. The minimum absolute atomic E-state index is 0.0314. The van der Waals surface area contributed by atoms with E-state index in [-0.39, 0.29) is 6.10 Å². The third-order valence-electron chi connectivity index (χ3n) is 3.56. The molecule has 1 aromatic carbocycles. The zero-order valence-electron chi connectivity index (χ0n) is 11.9. The summed E-state index contributed by atoms with van der Waals surface area (Å²) in [5.41, 5.74) is 1.07. The highest BCUT2D eigenvalue weighted by atomic mass is 16.5. The molecule has 1 atom stereocenters. The van der Waals surface area contributed by atoms with E-state index in [9.17, 15) is 0 Å². The Balaban J connectivity index is 2.06. The highest BCUT2D eigenvalue weighted by molar-refractivity contribution is 5.41. The van der Waals surface area contributed by atoms with Gasteiger partial charge in [0.1, 0.15) is 11.5 Å². The molecule has 1 fully saturated rings. The van der Waals surface area contributed by atoms with E-state index in [2.05, 4.69) is 12.2 Å². The van der Waals surface area contributed by atoms with Crippen molar-refractivity contribution in [3.05, 3.63) is 23.8 Å². The first kappa shape index (κ1) is 14.2. The Hall–Kier alpha value is -1.26. The summed E-state index contributed by atoms with van der Waals surface area (Å²) in [6.45, 7) is 4.15. The quantitative estimate of drug-likeness (QED) is 0.888. The van der Waals surface area contributed by atoms with Crippen LogP contribution >= 0.6 is 0 Å². The van der Waals surface area contributed by atoms with Crippen molar-refractivity contribution in [1.29, 1.82) is 0 Å². The second kappa shape index (κ2) is 6.78. The molecule has 1 unspecified atom stereocenters. The summed E-state index contributed by atoms with van der Waals surface area (Å²) in [4.78, 5) is 0. The summed E-state index contributed by atoms with van der Waals surface area (Å²) in [7, 11) is 3.33. The number of nitrogens with one attached hydrogen (secondary N) is 1. The molecular weight excluding hydrogens is 242 g/mol. The normalized spacial score (nSPS) is 18.1. The topological polar surface area (TPSA) is 39.7 Å². The van der Waals surface area contributed by atoms with E-state index in [4.69, 9.17) is 14.2 Å². The number of benzene rings is 1. The summed E-state index contributed by atoms with van der Waals surface area (Å²) in [5.74, 6) is 1.62. The molecule has 0 bridgehead atoms. The van der Waals surface area contributed by atoms with E-state index in [0.717, 1.165) is 43.0 Å². The van der Waals surface area contributed by atoms with Gasteiger partial charge < -0.3 is 19.5 Å². The molecule has 2 rings (SSSR count). The summed E-state index contributed by atoms with van der Waals surface area (Å²) < 4.78 is 16.8. The number of hydrogen-bond acceptors (Lipinski definition) is 4. The molecule has 1 heterocycles. The van der Waals surface area contributed by atoms with Crippen LogP contribution in [-0.4, -0.2) is 33.4 Å². The number of rotatable bonds is 5. The minimum Gasteiger partial charge on any atom is -0.497 e. The van der Waals surface area contributed by atoms with Gasteiger partial charge in [0.05, 0.1) is 26.4 Å². The Labute approximate surface area is 115 Å². The summed E-state index contributed by atoms with van der Waals surface area (Å²) in [6.07, 6.45) is 2.51. The summed E-state index contributed by atoms with van der Waals surface area (Å²) in [6, 6.07) is 5.86. The molecule has 0 saturated carbocycles. The summed E-state index contributed by atoms with van der Waals surface area (Å²) >= 11 is 0. The smallest absolute Gasteiger partial charge is 0.128 e. The maximum absolute atomic E-state index is 6.13. The summed E-state index contributed by atoms with van der Waals surface area (Å²) in [5, 5.41) is 3.34. The maximum atomic E-state index is 6.13. The van der Waals surface area contributed by atoms with Crippen LogP contribution in [-0.2, 0) is 4.74 Å². The number of hydrogen-bond donors (Lipinski definition) is 1. The van der Waals surface area contributed by atoms with Crippen LogP contribution in [0.4, 0.5) is 0 Å². The Kier molecular flexibility index (Phi) is 5.05. The second-order valence-corrected chi connectivity index (χ2v) is 4.84. The van der Waals surface area contributed by atoms with E-state index >= 15 is 0 Å². The van der Waals surface area contributed by atoms with Crippen molar-refractivity contribution in [2.24, 2.45) is 0 Å². The van der Waals surface area contributed by atoms with Crippen LogP contribution in [0.2, 0.25) is 0 Å². The third kappa shape index (κ3) is 3.61. The maximum Gasteiger partial charge on any atom is 0.128 e. The van der Waals surface area contributed by atoms with Crippen LogP contribution in [0.15, 0.2) is 18.2 Å². The average molecular weight is 265 g/mol. The Morgan fingerprint density at radius 2 is 1.89 bits per heavy atom. The molecule has 4 heteroatoms.